The number of fused-ring (bicyclic) bond motifs is 1. The molecule has 0 spiro atoms. The Bertz CT molecular complexity index is 1440. The number of rotatable bonds is 5. The van der Waals surface area contributed by atoms with Crippen molar-refractivity contribution >= 4 is 17.7 Å². The second-order valence-corrected chi connectivity index (χ2v) is 9.74. The van der Waals surface area contributed by atoms with Gasteiger partial charge in [0.2, 0.25) is 11.9 Å². The van der Waals surface area contributed by atoms with Crippen molar-refractivity contribution in [2.75, 3.05) is 18.9 Å². The molecular formula is C25H26N8O3. The van der Waals surface area contributed by atoms with Crippen LogP contribution in [-0.4, -0.2) is 59.9 Å². The number of ether oxygens (including phenoxy) is 1. The molecule has 4 aromatic heterocycles. The molecule has 6 rings (SSSR count). The van der Waals surface area contributed by atoms with Crippen LogP contribution in [-0.2, 0) is 22.7 Å². The van der Waals surface area contributed by atoms with Crippen molar-refractivity contribution in [1.29, 1.82) is 0 Å². The van der Waals surface area contributed by atoms with E-state index >= 15 is 0 Å². The van der Waals surface area contributed by atoms with Gasteiger partial charge in [0.15, 0.2) is 5.82 Å². The van der Waals surface area contributed by atoms with E-state index in [2.05, 4.69) is 25.5 Å². The number of carbonyl (C=O) groups is 1. The van der Waals surface area contributed by atoms with Gasteiger partial charge in [-0.1, -0.05) is 11.2 Å². The number of likely N-dealkylation sites (N-methyl/N-ethyl adjacent to an activating group) is 1. The highest BCUT2D eigenvalue weighted by Crippen LogP contribution is 2.31. The second kappa shape index (κ2) is 8.52. The largest absolute Gasteiger partial charge is 0.367 e. The number of likely N-dealkylation sites (tertiary alicyclic amines) is 1. The zero-order valence-electron chi connectivity index (χ0n) is 20.3. The molecule has 184 valence electrons. The minimum Gasteiger partial charge on any atom is -0.367 e. The van der Waals surface area contributed by atoms with Crippen LogP contribution in [0.25, 0.3) is 22.8 Å². The summed E-state index contributed by atoms with van der Waals surface area (Å²) in [7, 11) is 1.80. The second-order valence-electron chi connectivity index (χ2n) is 9.74. The van der Waals surface area contributed by atoms with Gasteiger partial charge in [0.25, 0.3) is 0 Å². The molecule has 0 saturated carbocycles. The average molecular weight is 487 g/mol. The Labute approximate surface area is 207 Å². The maximum atomic E-state index is 12.3. The molecule has 0 unspecified atom stereocenters. The average Bonchev–Trinajstić information content (AvgIpc) is 3.58. The molecule has 1 N–H and O–H groups in total. The summed E-state index contributed by atoms with van der Waals surface area (Å²) in [6, 6.07) is 11.2. The zero-order chi connectivity index (χ0) is 24.9. The van der Waals surface area contributed by atoms with Crippen molar-refractivity contribution in [3.8, 4) is 22.8 Å². The summed E-state index contributed by atoms with van der Waals surface area (Å²) >= 11 is 0. The molecule has 1 amide bonds. The minimum absolute atomic E-state index is 0.0511. The monoisotopic (exact) mass is 486 g/mol. The maximum absolute atomic E-state index is 12.3. The molecule has 1 saturated heterocycles. The van der Waals surface area contributed by atoms with Crippen LogP contribution in [0.3, 0.4) is 0 Å². The molecule has 1 atom stereocenters. The highest BCUT2D eigenvalue weighted by atomic mass is 16.5. The Kier molecular flexibility index (Phi) is 5.29. The fourth-order valence-electron chi connectivity index (χ4n) is 4.50. The number of hydrogen-bond acceptors (Lipinski definition) is 9. The predicted octanol–water partition coefficient (Wildman–Crippen LogP) is 3.39. The first-order chi connectivity index (χ1) is 17.3. The van der Waals surface area contributed by atoms with Gasteiger partial charge in [0.05, 0.1) is 41.5 Å². The Balaban J connectivity index is 1.22. The van der Waals surface area contributed by atoms with E-state index in [1.807, 2.05) is 42.8 Å². The van der Waals surface area contributed by atoms with Crippen LogP contribution in [0, 0.1) is 0 Å². The van der Waals surface area contributed by atoms with Crippen LogP contribution in [0.2, 0.25) is 0 Å². The number of amides is 1. The fraction of sp³-hybridized carbons (Fsp3) is 0.360. The molecule has 0 radical (unpaired) electrons. The van der Waals surface area contributed by atoms with Gasteiger partial charge < -0.3 is 19.5 Å². The van der Waals surface area contributed by atoms with Crippen molar-refractivity contribution in [2.45, 2.75) is 44.9 Å². The Morgan fingerprint density at radius 1 is 1.08 bits per heavy atom. The normalized spacial score (nSPS) is 18.9. The van der Waals surface area contributed by atoms with E-state index in [-0.39, 0.29) is 17.4 Å². The quantitative estimate of drug-likeness (QED) is 0.452. The number of hydrogen-bond donors (Lipinski definition) is 1. The number of pyridine rings is 1. The third-order valence-electron chi connectivity index (χ3n) is 6.47. The van der Waals surface area contributed by atoms with Crippen LogP contribution in [0.4, 0.5) is 11.8 Å². The molecule has 2 aliphatic heterocycles. The van der Waals surface area contributed by atoms with E-state index in [9.17, 15) is 4.79 Å². The van der Waals surface area contributed by atoms with Gasteiger partial charge in [0, 0.05) is 31.9 Å². The summed E-state index contributed by atoms with van der Waals surface area (Å²) in [6.07, 6.45) is 2.40. The molecule has 11 nitrogen and oxygen atoms in total. The SMILES string of the molecule is CN1CC[C@@H](c2cc(-c3cccc(-c4ccnc(Nc5cc6n(n5)CC(C)(C)OC6)n4)n3)no2)C1=O. The van der Waals surface area contributed by atoms with Gasteiger partial charge >= 0.3 is 0 Å². The lowest BCUT2D eigenvalue weighted by atomic mass is 10.0. The molecule has 0 aromatic carbocycles. The van der Waals surface area contributed by atoms with Crippen LogP contribution < -0.4 is 5.32 Å². The van der Waals surface area contributed by atoms with Crippen LogP contribution in [0.15, 0.2) is 47.1 Å². The lowest BCUT2D eigenvalue weighted by molar-refractivity contribution is -0.128. The van der Waals surface area contributed by atoms with E-state index in [1.165, 1.54) is 0 Å². The van der Waals surface area contributed by atoms with Crippen molar-refractivity contribution in [3.63, 3.8) is 0 Å². The van der Waals surface area contributed by atoms with E-state index in [1.54, 1.807) is 30.3 Å². The zero-order valence-corrected chi connectivity index (χ0v) is 20.3. The van der Waals surface area contributed by atoms with Crippen molar-refractivity contribution in [2.24, 2.45) is 0 Å². The van der Waals surface area contributed by atoms with Crippen molar-refractivity contribution in [1.82, 2.24) is 34.8 Å². The molecule has 2 aliphatic rings. The summed E-state index contributed by atoms with van der Waals surface area (Å²) in [4.78, 5) is 27.7. The van der Waals surface area contributed by atoms with E-state index in [0.717, 1.165) is 12.1 Å². The summed E-state index contributed by atoms with van der Waals surface area (Å²) < 4.78 is 13.3. The fourth-order valence-corrected chi connectivity index (χ4v) is 4.50. The molecule has 11 heteroatoms. The van der Waals surface area contributed by atoms with Gasteiger partial charge in [-0.2, -0.15) is 5.10 Å². The van der Waals surface area contributed by atoms with Crippen LogP contribution >= 0.6 is 0 Å². The minimum atomic E-state index is -0.291. The molecule has 0 bridgehead atoms. The van der Waals surface area contributed by atoms with Gasteiger partial charge in [-0.15, -0.1) is 0 Å². The number of anilines is 2. The van der Waals surface area contributed by atoms with Gasteiger partial charge in [-0.25, -0.2) is 15.0 Å². The first-order valence-electron chi connectivity index (χ1n) is 11.8. The van der Waals surface area contributed by atoms with E-state index in [0.29, 0.717) is 60.0 Å². The summed E-state index contributed by atoms with van der Waals surface area (Å²) in [5.41, 5.74) is 3.28. The Morgan fingerprint density at radius 2 is 1.89 bits per heavy atom. The Morgan fingerprint density at radius 3 is 2.69 bits per heavy atom. The smallest absolute Gasteiger partial charge is 0.233 e. The van der Waals surface area contributed by atoms with Crippen LogP contribution in [0.1, 0.15) is 37.6 Å². The topological polar surface area (TPSA) is 124 Å². The molecule has 4 aromatic rings. The molecular weight excluding hydrogens is 460 g/mol. The van der Waals surface area contributed by atoms with E-state index < -0.39 is 0 Å². The summed E-state index contributed by atoms with van der Waals surface area (Å²) in [5, 5.41) is 12.0. The first-order valence-corrected chi connectivity index (χ1v) is 11.8. The van der Waals surface area contributed by atoms with Crippen molar-refractivity contribution < 1.29 is 14.1 Å². The van der Waals surface area contributed by atoms with Crippen LogP contribution in [0.5, 0.6) is 0 Å². The maximum Gasteiger partial charge on any atom is 0.233 e. The molecule has 6 heterocycles. The number of carbonyl (C=O) groups excluding carboxylic acids is 1. The lowest BCUT2D eigenvalue weighted by Gasteiger charge is -2.30. The molecule has 36 heavy (non-hydrogen) atoms. The third-order valence-corrected chi connectivity index (χ3v) is 6.47. The lowest BCUT2D eigenvalue weighted by Crippen LogP contribution is -2.36. The van der Waals surface area contributed by atoms with Gasteiger partial charge in [0.1, 0.15) is 17.4 Å². The van der Waals surface area contributed by atoms with E-state index in [4.69, 9.17) is 14.2 Å². The standard InChI is InChI=1S/C25H26N8O3/c1-25(2)14-33-15(13-35-25)11-22(30-33)29-24-26-9-7-19(28-24)17-5-4-6-18(27-17)20-12-21(36-31-20)16-8-10-32(3)23(16)34/h4-7,9,11-12,16H,8,10,13-14H2,1-3H3,(H,26,28,29,30)/t16-/m0/s1. The number of nitrogens with zero attached hydrogens (tertiary/aromatic N) is 7. The summed E-state index contributed by atoms with van der Waals surface area (Å²) in [5.74, 6) is 1.41. The summed E-state index contributed by atoms with van der Waals surface area (Å²) in [6.45, 7) is 5.99. The highest BCUT2D eigenvalue weighted by Gasteiger charge is 2.33. The molecule has 1 fully saturated rings. The van der Waals surface area contributed by atoms with Gasteiger partial charge in [-0.05, 0) is 38.5 Å². The molecule has 0 aliphatic carbocycles. The Hall–Kier alpha value is -4.12. The number of aromatic nitrogens is 6. The predicted molar refractivity (Wildman–Crippen MR) is 130 cm³/mol. The number of nitrogens with one attached hydrogen (secondary N) is 1. The first kappa shape index (κ1) is 22.4. The third kappa shape index (κ3) is 4.22. The van der Waals surface area contributed by atoms with Crippen molar-refractivity contribution in [3.05, 3.63) is 54.0 Å². The van der Waals surface area contributed by atoms with Gasteiger partial charge in [-0.3, -0.25) is 9.48 Å². The highest BCUT2D eigenvalue weighted by molar-refractivity contribution is 5.85.